The molecule has 0 atom stereocenters. The van der Waals surface area contributed by atoms with Crippen molar-refractivity contribution in [2.24, 2.45) is 5.73 Å². The van der Waals surface area contributed by atoms with Crippen LogP contribution in [0.2, 0.25) is 0 Å². The van der Waals surface area contributed by atoms with Gasteiger partial charge in [-0.1, -0.05) is 24.3 Å². The van der Waals surface area contributed by atoms with Gasteiger partial charge in [0.15, 0.2) is 0 Å². The lowest BCUT2D eigenvalue weighted by Crippen LogP contribution is -2.48. The summed E-state index contributed by atoms with van der Waals surface area (Å²) in [6.45, 7) is 5.20. The second-order valence-electron chi connectivity index (χ2n) is 7.64. The van der Waals surface area contributed by atoms with Crippen LogP contribution < -0.4 is 5.73 Å². The largest absolute Gasteiger partial charge is 0.366 e. The average Bonchev–Trinajstić information content (AvgIpc) is 3.15. The summed E-state index contributed by atoms with van der Waals surface area (Å²) in [5.74, 6) is -0.914. The fourth-order valence-corrected chi connectivity index (χ4v) is 3.80. The van der Waals surface area contributed by atoms with Gasteiger partial charge in [-0.25, -0.2) is 9.07 Å². The molecule has 0 spiro atoms. The second kappa shape index (κ2) is 8.69. The molecule has 160 valence electrons. The quantitative estimate of drug-likeness (QED) is 0.686. The minimum Gasteiger partial charge on any atom is -0.366 e. The van der Waals surface area contributed by atoms with Crippen molar-refractivity contribution in [3.63, 3.8) is 0 Å². The van der Waals surface area contributed by atoms with E-state index in [1.807, 2.05) is 17.0 Å². The molecule has 2 N–H and O–H groups in total. The molecule has 1 saturated heterocycles. The van der Waals surface area contributed by atoms with Crippen LogP contribution in [-0.4, -0.2) is 57.6 Å². The number of carbonyl (C=O) groups is 2. The van der Waals surface area contributed by atoms with Crippen molar-refractivity contribution in [3.8, 4) is 5.69 Å². The van der Waals surface area contributed by atoms with Crippen molar-refractivity contribution in [2.45, 2.75) is 13.5 Å². The number of piperazine rings is 1. The number of nitrogens with zero attached hydrogens (tertiary/aromatic N) is 4. The smallest absolute Gasteiger partial charge is 0.257 e. The first-order chi connectivity index (χ1) is 14.9. The van der Waals surface area contributed by atoms with Crippen LogP contribution in [0.15, 0.2) is 54.7 Å². The maximum atomic E-state index is 14.1. The van der Waals surface area contributed by atoms with E-state index in [1.165, 1.54) is 16.9 Å². The predicted molar refractivity (Wildman–Crippen MR) is 114 cm³/mol. The molecule has 1 aliphatic rings. The third-order valence-corrected chi connectivity index (χ3v) is 5.62. The number of nitrogens with two attached hydrogens (primary N) is 1. The SMILES string of the molecule is Cc1c(C(=O)N2CCN(Cc3ccc(C(N)=O)cc3)CC2)cnn1-c1ccccc1F. The number of hydrogen-bond acceptors (Lipinski definition) is 4. The van der Waals surface area contributed by atoms with Gasteiger partial charge >= 0.3 is 0 Å². The molecule has 0 radical (unpaired) electrons. The first kappa shape index (κ1) is 20.7. The molecule has 8 heteroatoms. The number of aromatic nitrogens is 2. The van der Waals surface area contributed by atoms with Crippen molar-refractivity contribution in [3.05, 3.63) is 82.9 Å². The topological polar surface area (TPSA) is 84.5 Å². The molecule has 3 aromatic rings. The molecular formula is C23H24FN5O2. The number of carbonyl (C=O) groups excluding carboxylic acids is 2. The molecular weight excluding hydrogens is 397 g/mol. The molecule has 31 heavy (non-hydrogen) atoms. The molecule has 2 heterocycles. The van der Waals surface area contributed by atoms with Crippen LogP contribution >= 0.6 is 0 Å². The fourth-order valence-electron chi connectivity index (χ4n) is 3.80. The van der Waals surface area contributed by atoms with Gasteiger partial charge in [-0.15, -0.1) is 0 Å². The van der Waals surface area contributed by atoms with Crippen molar-refractivity contribution in [1.82, 2.24) is 19.6 Å². The standard InChI is InChI=1S/C23H24FN5O2/c1-16-19(14-26-29(16)21-5-3-2-4-20(21)24)23(31)28-12-10-27(11-13-28)15-17-6-8-18(9-7-17)22(25)30/h2-9,14H,10-13,15H2,1H3,(H2,25,30). The van der Waals surface area contributed by atoms with Crippen LogP contribution in [-0.2, 0) is 6.54 Å². The Morgan fingerprint density at radius 2 is 1.71 bits per heavy atom. The fraction of sp³-hybridized carbons (Fsp3) is 0.261. The van der Waals surface area contributed by atoms with Crippen LogP contribution in [0.5, 0.6) is 0 Å². The van der Waals surface area contributed by atoms with Gasteiger partial charge in [0.05, 0.1) is 17.5 Å². The van der Waals surface area contributed by atoms with Crippen LogP contribution in [0.25, 0.3) is 5.69 Å². The molecule has 2 amide bonds. The summed E-state index contributed by atoms with van der Waals surface area (Å²) in [4.78, 5) is 28.3. The molecule has 7 nitrogen and oxygen atoms in total. The van der Waals surface area contributed by atoms with E-state index in [-0.39, 0.29) is 11.7 Å². The summed E-state index contributed by atoms with van der Waals surface area (Å²) >= 11 is 0. The van der Waals surface area contributed by atoms with E-state index < -0.39 is 5.91 Å². The van der Waals surface area contributed by atoms with Crippen LogP contribution in [0, 0.1) is 12.7 Å². The molecule has 1 aromatic heterocycles. The van der Waals surface area contributed by atoms with Crippen LogP contribution in [0.4, 0.5) is 4.39 Å². The van der Waals surface area contributed by atoms with E-state index in [0.717, 1.165) is 25.2 Å². The molecule has 0 saturated carbocycles. The Bertz CT molecular complexity index is 1100. The number of para-hydroxylation sites is 1. The van der Waals surface area contributed by atoms with Gasteiger partial charge in [-0.3, -0.25) is 14.5 Å². The molecule has 0 bridgehead atoms. The van der Waals surface area contributed by atoms with E-state index in [4.69, 9.17) is 5.73 Å². The number of rotatable bonds is 5. The zero-order valence-corrected chi connectivity index (χ0v) is 17.3. The molecule has 0 unspecified atom stereocenters. The van der Waals surface area contributed by atoms with Gasteiger partial charge in [0.2, 0.25) is 5.91 Å². The summed E-state index contributed by atoms with van der Waals surface area (Å²) in [7, 11) is 0. The zero-order valence-electron chi connectivity index (χ0n) is 17.3. The minimum absolute atomic E-state index is 0.0921. The van der Waals surface area contributed by atoms with E-state index >= 15 is 0 Å². The highest BCUT2D eigenvalue weighted by atomic mass is 19.1. The monoisotopic (exact) mass is 421 g/mol. The number of benzene rings is 2. The summed E-state index contributed by atoms with van der Waals surface area (Å²) in [6.07, 6.45) is 1.51. The average molecular weight is 421 g/mol. The van der Waals surface area contributed by atoms with Gasteiger partial charge in [-0.05, 0) is 36.8 Å². The van der Waals surface area contributed by atoms with Crippen LogP contribution in [0.1, 0.15) is 32.0 Å². The van der Waals surface area contributed by atoms with Gasteiger partial charge in [0.1, 0.15) is 11.5 Å². The lowest BCUT2D eigenvalue weighted by atomic mass is 10.1. The predicted octanol–water partition coefficient (Wildman–Crippen LogP) is 2.38. The van der Waals surface area contributed by atoms with E-state index in [2.05, 4.69) is 10.00 Å². The van der Waals surface area contributed by atoms with Gasteiger partial charge in [0, 0.05) is 38.3 Å². The first-order valence-electron chi connectivity index (χ1n) is 10.1. The highest BCUT2D eigenvalue weighted by Gasteiger charge is 2.25. The van der Waals surface area contributed by atoms with Crippen molar-refractivity contribution in [2.75, 3.05) is 26.2 Å². The summed E-state index contributed by atoms with van der Waals surface area (Å²) in [6, 6.07) is 13.6. The second-order valence-corrected chi connectivity index (χ2v) is 7.64. The molecule has 0 aliphatic carbocycles. The summed E-state index contributed by atoms with van der Waals surface area (Å²) in [5.41, 5.74) is 8.29. The third kappa shape index (κ3) is 4.34. The molecule has 2 aromatic carbocycles. The summed E-state index contributed by atoms with van der Waals surface area (Å²) in [5, 5.41) is 4.24. The first-order valence-corrected chi connectivity index (χ1v) is 10.1. The Morgan fingerprint density at radius 3 is 2.35 bits per heavy atom. The Balaban J connectivity index is 1.38. The number of primary amides is 1. The Hall–Kier alpha value is -3.52. The summed E-state index contributed by atoms with van der Waals surface area (Å²) < 4.78 is 15.6. The van der Waals surface area contributed by atoms with Crippen molar-refractivity contribution < 1.29 is 14.0 Å². The third-order valence-electron chi connectivity index (χ3n) is 5.62. The maximum Gasteiger partial charge on any atom is 0.257 e. The van der Waals surface area contributed by atoms with Gasteiger partial charge in [0.25, 0.3) is 5.91 Å². The van der Waals surface area contributed by atoms with E-state index in [0.29, 0.717) is 35.6 Å². The lowest BCUT2D eigenvalue weighted by Gasteiger charge is -2.34. The zero-order chi connectivity index (χ0) is 22.0. The Morgan fingerprint density at radius 1 is 1.03 bits per heavy atom. The number of halogens is 1. The highest BCUT2D eigenvalue weighted by Crippen LogP contribution is 2.19. The van der Waals surface area contributed by atoms with Crippen molar-refractivity contribution in [1.29, 1.82) is 0 Å². The molecule has 1 aliphatic heterocycles. The maximum absolute atomic E-state index is 14.1. The Labute approximate surface area is 179 Å². The van der Waals surface area contributed by atoms with Gasteiger partial charge in [-0.2, -0.15) is 5.10 Å². The van der Waals surface area contributed by atoms with E-state index in [1.54, 1.807) is 37.3 Å². The normalized spacial score (nSPS) is 14.6. The number of hydrogen-bond donors (Lipinski definition) is 1. The highest BCUT2D eigenvalue weighted by molar-refractivity contribution is 5.95. The molecule has 1 fully saturated rings. The Kier molecular flexibility index (Phi) is 5.81. The van der Waals surface area contributed by atoms with Crippen LogP contribution in [0.3, 0.4) is 0 Å². The minimum atomic E-state index is -0.438. The lowest BCUT2D eigenvalue weighted by molar-refractivity contribution is 0.0627. The molecule has 4 rings (SSSR count). The number of amides is 2. The van der Waals surface area contributed by atoms with Crippen molar-refractivity contribution >= 4 is 11.8 Å². The van der Waals surface area contributed by atoms with E-state index in [9.17, 15) is 14.0 Å². The van der Waals surface area contributed by atoms with Gasteiger partial charge < -0.3 is 10.6 Å².